The second-order valence-corrected chi connectivity index (χ2v) is 11.0. The minimum atomic E-state index is -5.72. The number of hydrogen-bond acceptors (Lipinski definition) is 11. The van der Waals surface area contributed by atoms with Gasteiger partial charge in [0.15, 0.2) is 6.23 Å². The van der Waals surface area contributed by atoms with Crippen LogP contribution in [-0.2, 0) is 31.6 Å². The number of ether oxygens (including phenoxy) is 1. The summed E-state index contributed by atoms with van der Waals surface area (Å²) in [6, 6.07) is 1.29. The van der Waals surface area contributed by atoms with E-state index in [2.05, 4.69) is 18.1 Å². The Hall–Kier alpha value is -0.610. The van der Waals surface area contributed by atoms with Crippen molar-refractivity contribution in [3.8, 4) is 0 Å². The number of nitrogens with zero attached hydrogens (tertiary/aromatic N) is 1. The SMILES string of the molecule is CC1(O)C(O)C(COP(=O)(O)OP(=O)(O)OP(=O)(O)O)OC1n1ccc(=S)[nH]c1=O. The van der Waals surface area contributed by atoms with E-state index in [4.69, 9.17) is 31.6 Å². The van der Waals surface area contributed by atoms with Crippen LogP contribution in [0.3, 0.4) is 0 Å². The predicted molar refractivity (Wildman–Crippen MR) is 96.2 cm³/mol. The van der Waals surface area contributed by atoms with Gasteiger partial charge in [0.25, 0.3) is 0 Å². The number of aliphatic hydroxyl groups is 2. The Morgan fingerprint density at radius 3 is 2.37 bits per heavy atom. The number of aromatic nitrogens is 2. The van der Waals surface area contributed by atoms with Gasteiger partial charge in [-0.3, -0.25) is 14.1 Å². The molecule has 2 rings (SSSR count). The summed E-state index contributed by atoms with van der Waals surface area (Å²) in [6.07, 6.45) is -3.67. The van der Waals surface area contributed by atoms with Crippen molar-refractivity contribution >= 4 is 35.7 Å². The number of phosphoric ester groups is 1. The van der Waals surface area contributed by atoms with Crippen molar-refractivity contribution in [2.24, 2.45) is 0 Å². The first-order chi connectivity index (χ1) is 13.4. The van der Waals surface area contributed by atoms with Gasteiger partial charge in [-0.25, -0.2) is 18.5 Å². The lowest BCUT2D eigenvalue weighted by molar-refractivity contribution is -0.0986. The molecule has 172 valence electrons. The Kier molecular flexibility index (Phi) is 7.46. The summed E-state index contributed by atoms with van der Waals surface area (Å²) >= 11 is 4.78. The summed E-state index contributed by atoms with van der Waals surface area (Å²) in [5.74, 6) is 0. The molecule has 7 N–H and O–H groups in total. The van der Waals surface area contributed by atoms with Crippen molar-refractivity contribution in [1.82, 2.24) is 9.55 Å². The second-order valence-electron chi connectivity index (χ2n) is 6.10. The van der Waals surface area contributed by atoms with Gasteiger partial charge < -0.3 is 34.5 Å². The van der Waals surface area contributed by atoms with Crippen molar-refractivity contribution in [3.63, 3.8) is 0 Å². The zero-order chi connectivity index (χ0) is 23.1. The van der Waals surface area contributed by atoms with Crippen molar-refractivity contribution in [1.29, 1.82) is 0 Å². The topological polar surface area (TPSA) is 247 Å². The Morgan fingerprint density at radius 2 is 1.83 bits per heavy atom. The summed E-state index contributed by atoms with van der Waals surface area (Å²) < 4.78 is 51.4. The van der Waals surface area contributed by atoms with Crippen LogP contribution >= 0.6 is 35.7 Å². The molecule has 1 aromatic heterocycles. The van der Waals surface area contributed by atoms with E-state index in [1.165, 1.54) is 6.07 Å². The van der Waals surface area contributed by atoms with Gasteiger partial charge in [-0.2, -0.15) is 8.62 Å². The zero-order valence-corrected chi connectivity index (χ0v) is 18.2. The van der Waals surface area contributed by atoms with Crippen LogP contribution in [0.4, 0.5) is 0 Å². The highest BCUT2D eigenvalue weighted by molar-refractivity contribution is 7.71. The van der Waals surface area contributed by atoms with Gasteiger partial charge in [0.05, 0.1) is 6.61 Å². The van der Waals surface area contributed by atoms with E-state index < -0.39 is 59.8 Å². The fourth-order valence-electron chi connectivity index (χ4n) is 2.46. The average Bonchev–Trinajstić information content (AvgIpc) is 2.73. The highest BCUT2D eigenvalue weighted by Gasteiger charge is 2.54. The Bertz CT molecular complexity index is 1050. The largest absolute Gasteiger partial charge is 0.490 e. The van der Waals surface area contributed by atoms with Gasteiger partial charge in [-0.15, -0.1) is 0 Å². The maximum Gasteiger partial charge on any atom is 0.490 e. The standard InChI is InChI=1S/C10H17N2O14P3S/c1-10(15)7(13)5(24-8(10)12-3-2-6(30)11-9(12)14)4-23-28(19,20)26-29(21,22)25-27(16,17)18/h2-3,5,7-8,13,15H,4H2,1H3,(H,19,20)(H,21,22)(H,11,14,30)(H2,16,17,18). The molecule has 0 radical (unpaired) electrons. The van der Waals surface area contributed by atoms with Crippen LogP contribution in [0, 0.1) is 4.64 Å². The minimum absolute atomic E-state index is 0.0821. The van der Waals surface area contributed by atoms with Crippen LogP contribution in [0.1, 0.15) is 13.2 Å². The van der Waals surface area contributed by atoms with Crippen LogP contribution in [0.5, 0.6) is 0 Å². The first-order valence-corrected chi connectivity index (χ1v) is 12.5. The molecule has 1 aromatic rings. The van der Waals surface area contributed by atoms with E-state index in [-0.39, 0.29) is 4.64 Å². The van der Waals surface area contributed by atoms with Gasteiger partial charge in [0, 0.05) is 6.20 Å². The second kappa shape index (κ2) is 8.73. The van der Waals surface area contributed by atoms with Gasteiger partial charge in [0.1, 0.15) is 22.4 Å². The minimum Gasteiger partial charge on any atom is -0.387 e. The zero-order valence-electron chi connectivity index (χ0n) is 14.7. The Labute approximate surface area is 172 Å². The number of phosphoric acid groups is 3. The number of aromatic amines is 1. The Balaban J connectivity index is 2.13. The average molecular weight is 514 g/mol. The fraction of sp³-hybridized carbons (Fsp3) is 0.600. The number of nitrogens with one attached hydrogen (secondary N) is 1. The third kappa shape index (κ3) is 6.45. The molecule has 0 saturated carbocycles. The monoisotopic (exact) mass is 514 g/mol. The van der Waals surface area contributed by atoms with Gasteiger partial charge in [-0.1, -0.05) is 12.2 Å². The Morgan fingerprint density at radius 1 is 1.23 bits per heavy atom. The first-order valence-electron chi connectivity index (χ1n) is 7.59. The van der Waals surface area contributed by atoms with Crippen molar-refractivity contribution in [2.45, 2.75) is 31.0 Å². The number of hydrogen-bond donors (Lipinski definition) is 7. The van der Waals surface area contributed by atoms with E-state index in [1.807, 2.05) is 0 Å². The van der Waals surface area contributed by atoms with E-state index >= 15 is 0 Å². The van der Waals surface area contributed by atoms with E-state index in [9.17, 15) is 33.6 Å². The lowest BCUT2D eigenvalue weighted by Gasteiger charge is -2.27. The van der Waals surface area contributed by atoms with E-state index in [1.54, 1.807) is 0 Å². The maximum absolute atomic E-state index is 12.0. The molecule has 0 aromatic carbocycles. The van der Waals surface area contributed by atoms with Crippen LogP contribution in [0.2, 0.25) is 0 Å². The molecule has 6 atom stereocenters. The third-order valence-corrected chi connectivity index (χ3v) is 7.72. The molecule has 1 aliphatic rings. The van der Waals surface area contributed by atoms with Gasteiger partial charge in [-0.05, 0) is 13.0 Å². The number of rotatable bonds is 8. The van der Waals surface area contributed by atoms with Crippen LogP contribution in [-0.4, -0.2) is 63.8 Å². The molecule has 16 nitrogen and oxygen atoms in total. The molecule has 0 spiro atoms. The third-order valence-electron chi connectivity index (χ3n) is 3.68. The lowest BCUT2D eigenvalue weighted by Crippen LogP contribution is -2.46. The molecule has 1 aliphatic heterocycles. The van der Waals surface area contributed by atoms with Crippen LogP contribution in [0.15, 0.2) is 17.1 Å². The molecule has 20 heteroatoms. The van der Waals surface area contributed by atoms with Crippen molar-refractivity contribution < 1.29 is 61.4 Å². The summed E-state index contributed by atoms with van der Waals surface area (Å²) in [4.78, 5) is 49.8. The molecule has 6 unspecified atom stereocenters. The molecular weight excluding hydrogens is 497 g/mol. The van der Waals surface area contributed by atoms with Crippen LogP contribution < -0.4 is 5.69 Å². The predicted octanol–water partition coefficient (Wildman–Crippen LogP) is -0.742. The molecule has 0 amide bonds. The van der Waals surface area contributed by atoms with Crippen molar-refractivity contribution in [3.05, 3.63) is 27.4 Å². The van der Waals surface area contributed by atoms with Gasteiger partial charge >= 0.3 is 29.2 Å². The number of H-pyrrole nitrogens is 1. The maximum atomic E-state index is 12.0. The first kappa shape index (κ1) is 25.6. The molecular formula is C10H17N2O14P3S. The molecule has 1 fully saturated rings. The summed E-state index contributed by atoms with van der Waals surface area (Å²) in [5.41, 5.74) is -2.90. The molecule has 2 heterocycles. The molecule has 0 bridgehead atoms. The summed E-state index contributed by atoms with van der Waals surface area (Å²) in [5, 5.41) is 20.7. The molecule has 1 saturated heterocycles. The normalized spacial score (nSPS) is 31.2. The highest BCUT2D eigenvalue weighted by atomic mass is 32.1. The van der Waals surface area contributed by atoms with Gasteiger partial charge in [0.2, 0.25) is 0 Å². The lowest BCUT2D eigenvalue weighted by atomic mass is 9.96. The van der Waals surface area contributed by atoms with Crippen LogP contribution in [0.25, 0.3) is 0 Å². The highest BCUT2D eigenvalue weighted by Crippen LogP contribution is 2.66. The molecule has 30 heavy (non-hydrogen) atoms. The smallest absolute Gasteiger partial charge is 0.387 e. The summed E-state index contributed by atoms with van der Waals surface area (Å²) in [7, 11) is -16.8. The molecule has 0 aliphatic carbocycles. The van der Waals surface area contributed by atoms with Crippen molar-refractivity contribution in [2.75, 3.05) is 6.61 Å². The fourth-order valence-corrected chi connectivity index (χ4v) is 5.64. The summed E-state index contributed by atoms with van der Waals surface area (Å²) in [6.45, 7) is 0.0797. The quantitative estimate of drug-likeness (QED) is 0.167. The van der Waals surface area contributed by atoms with E-state index in [0.717, 1.165) is 17.7 Å². The van der Waals surface area contributed by atoms with E-state index in [0.29, 0.717) is 0 Å². The number of aliphatic hydroxyl groups excluding tert-OH is 1.